The molecular formula is C15H18N2O3. The highest BCUT2D eigenvalue weighted by Gasteiger charge is 2.24. The first-order valence-corrected chi connectivity index (χ1v) is 6.91. The molecule has 1 N–H and O–H groups in total. The zero-order chi connectivity index (χ0) is 14.3. The minimum absolute atomic E-state index is 0.251. The first-order chi connectivity index (χ1) is 9.58. The lowest BCUT2D eigenvalue weighted by Crippen LogP contribution is -2.13. The molecule has 106 valence electrons. The van der Waals surface area contributed by atoms with E-state index in [9.17, 15) is 4.79 Å². The number of carboxylic acids is 1. The minimum atomic E-state index is -0.909. The molecule has 1 atom stereocenters. The topological polar surface area (TPSA) is 64.3 Å². The van der Waals surface area contributed by atoms with E-state index in [0.29, 0.717) is 12.2 Å². The summed E-state index contributed by atoms with van der Waals surface area (Å²) in [4.78, 5) is 15.8. The molecule has 5 heteroatoms. The fourth-order valence-corrected chi connectivity index (χ4v) is 2.76. The highest BCUT2D eigenvalue weighted by molar-refractivity contribution is 5.92. The number of hydrogen-bond acceptors (Lipinski definition) is 3. The van der Waals surface area contributed by atoms with E-state index in [1.807, 2.05) is 0 Å². The Balaban J connectivity index is 2.22. The van der Waals surface area contributed by atoms with Gasteiger partial charge < -0.3 is 14.4 Å². The van der Waals surface area contributed by atoms with Crippen LogP contribution in [0.25, 0.3) is 11.0 Å². The number of nitrogens with zero attached hydrogens (tertiary/aromatic N) is 2. The van der Waals surface area contributed by atoms with Gasteiger partial charge in [-0.2, -0.15) is 0 Å². The molecule has 0 saturated carbocycles. The molecule has 20 heavy (non-hydrogen) atoms. The van der Waals surface area contributed by atoms with E-state index in [0.717, 1.165) is 29.9 Å². The molecule has 0 bridgehead atoms. The van der Waals surface area contributed by atoms with Gasteiger partial charge in [-0.05, 0) is 24.6 Å². The lowest BCUT2D eigenvalue weighted by Gasteiger charge is -2.17. The molecular weight excluding hydrogens is 256 g/mol. The Hall–Kier alpha value is -1.88. The molecule has 1 saturated heterocycles. The van der Waals surface area contributed by atoms with Gasteiger partial charge in [0.05, 0.1) is 29.2 Å². The molecule has 0 amide bonds. The monoisotopic (exact) mass is 274 g/mol. The van der Waals surface area contributed by atoms with Gasteiger partial charge in [-0.1, -0.05) is 13.8 Å². The van der Waals surface area contributed by atoms with Gasteiger partial charge in [0.1, 0.15) is 5.82 Å². The fourth-order valence-electron chi connectivity index (χ4n) is 2.76. The third kappa shape index (κ3) is 2.08. The lowest BCUT2D eigenvalue weighted by atomic mass is 10.1. The second-order valence-corrected chi connectivity index (χ2v) is 5.52. The fraction of sp³-hybridized carbons (Fsp3) is 0.467. The zero-order valence-electron chi connectivity index (χ0n) is 11.7. The molecule has 3 rings (SSSR count). The smallest absolute Gasteiger partial charge is 0.335 e. The predicted molar refractivity (Wildman–Crippen MR) is 75.3 cm³/mol. The van der Waals surface area contributed by atoms with Crippen LogP contribution in [0.4, 0.5) is 0 Å². The molecule has 1 aliphatic heterocycles. The summed E-state index contributed by atoms with van der Waals surface area (Å²) in [7, 11) is 0. The van der Waals surface area contributed by atoms with E-state index < -0.39 is 5.97 Å². The van der Waals surface area contributed by atoms with Gasteiger partial charge in [0.2, 0.25) is 0 Å². The van der Waals surface area contributed by atoms with Gasteiger partial charge in [0.15, 0.2) is 0 Å². The van der Waals surface area contributed by atoms with Gasteiger partial charge in [-0.15, -0.1) is 0 Å². The van der Waals surface area contributed by atoms with Crippen LogP contribution in [0.3, 0.4) is 0 Å². The van der Waals surface area contributed by atoms with E-state index in [4.69, 9.17) is 9.84 Å². The van der Waals surface area contributed by atoms with Crippen LogP contribution >= 0.6 is 0 Å². The second-order valence-electron chi connectivity index (χ2n) is 5.52. The van der Waals surface area contributed by atoms with Gasteiger partial charge in [-0.3, -0.25) is 0 Å². The number of rotatable bonds is 3. The van der Waals surface area contributed by atoms with Crippen molar-refractivity contribution in [2.24, 2.45) is 0 Å². The van der Waals surface area contributed by atoms with Crippen molar-refractivity contribution in [1.29, 1.82) is 0 Å². The van der Waals surface area contributed by atoms with Crippen LogP contribution in [0, 0.1) is 0 Å². The van der Waals surface area contributed by atoms with Crippen LogP contribution in [0.15, 0.2) is 18.2 Å². The summed E-state index contributed by atoms with van der Waals surface area (Å²) in [5.41, 5.74) is 2.04. The van der Waals surface area contributed by atoms with Crippen molar-refractivity contribution in [3.05, 3.63) is 29.6 Å². The predicted octanol–water partition coefficient (Wildman–Crippen LogP) is 2.82. The van der Waals surface area contributed by atoms with Crippen LogP contribution in [-0.2, 0) is 4.74 Å². The van der Waals surface area contributed by atoms with E-state index in [1.54, 1.807) is 18.2 Å². The first kappa shape index (κ1) is 13.1. The normalized spacial score (nSPS) is 19.1. The number of benzene rings is 1. The van der Waals surface area contributed by atoms with Crippen molar-refractivity contribution < 1.29 is 14.6 Å². The second kappa shape index (κ2) is 4.90. The van der Waals surface area contributed by atoms with Crippen LogP contribution in [0.1, 0.15) is 48.4 Å². The van der Waals surface area contributed by atoms with E-state index in [2.05, 4.69) is 23.4 Å². The Morgan fingerprint density at radius 1 is 1.50 bits per heavy atom. The van der Waals surface area contributed by atoms with Crippen LogP contribution in [-0.4, -0.2) is 33.8 Å². The molecule has 0 aliphatic carbocycles. The summed E-state index contributed by atoms with van der Waals surface area (Å²) < 4.78 is 7.64. The van der Waals surface area contributed by atoms with Gasteiger partial charge >= 0.3 is 5.97 Å². The molecule has 0 radical (unpaired) electrons. The maximum absolute atomic E-state index is 11.2. The van der Waals surface area contributed by atoms with Gasteiger partial charge in [0, 0.05) is 12.5 Å². The van der Waals surface area contributed by atoms with Crippen molar-refractivity contribution in [2.45, 2.75) is 32.2 Å². The van der Waals surface area contributed by atoms with E-state index in [-0.39, 0.29) is 12.0 Å². The highest BCUT2D eigenvalue weighted by Crippen LogP contribution is 2.30. The van der Waals surface area contributed by atoms with Crippen molar-refractivity contribution in [3.63, 3.8) is 0 Å². The van der Waals surface area contributed by atoms with Crippen molar-refractivity contribution in [3.8, 4) is 0 Å². The molecule has 2 heterocycles. The number of carbonyl (C=O) groups is 1. The Morgan fingerprint density at radius 3 is 2.90 bits per heavy atom. The SMILES string of the molecule is CC(C)c1nc2ccc(C(=O)O)cc2n1C1CCOC1. The Kier molecular flexibility index (Phi) is 3.22. The highest BCUT2D eigenvalue weighted by atomic mass is 16.5. The van der Waals surface area contributed by atoms with Crippen molar-refractivity contribution in [2.75, 3.05) is 13.2 Å². The summed E-state index contributed by atoms with van der Waals surface area (Å²) in [5.74, 6) is 0.378. The molecule has 1 unspecified atom stereocenters. The molecule has 2 aromatic rings. The molecule has 0 spiro atoms. The number of carboxylic acid groups (broad SMARTS) is 1. The maximum atomic E-state index is 11.2. The number of aromatic carboxylic acids is 1. The summed E-state index contributed by atoms with van der Waals surface area (Å²) in [6, 6.07) is 5.37. The summed E-state index contributed by atoms with van der Waals surface area (Å²) >= 11 is 0. The quantitative estimate of drug-likeness (QED) is 0.934. The Labute approximate surface area is 117 Å². The largest absolute Gasteiger partial charge is 0.478 e. The number of fused-ring (bicyclic) bond motifs is 1. The lowest BCUT2D eigenvalue weighted by molar-refractivity contribution is 0.0697. The molecule has 1 aliphatic rings. The van der Waals surface area contributed by atoms with Crippen molar-refractivity contribution in [1.82, 2.24) is 9.55 Å². The minimum Gasteiger partial charge on any atom is -0.478 e. The maximum Gasteiger partial charge on any atom is 0.335 e. The Morgan fingerprint density at radius 2 is 2.30 bits per heavy atom. The number of hydrogen-bond donors (Lipinski definition) is 1. The number of ether oxygens (including phenoxy) is 1. The van der Waals surface area contributed by atoms with E-state index >= 15 is 0 Å². The first-order valence-electron chi connectivity index (χ1n) is 6.91. The molecule has 1 aromatic heterocycles. The van der Waals surface area contributed by atoms with Gasteiger partial charge in [-0.25, -0.2) is 9.78 Å². The standard InChI is InChI=1S/C15H18N2O3/c1-9(2)14-16-12-4-3-10(15(18)19)7-13(12)17(14)11-5-6-20-8-11/h3-4,7,9,11H,5-6,8H2,1-2H3,(H,18,19). The van der Waals surface area contributed by atoms with Crippen LogP contribution in [0.5, 0.6) is 0 Å². The number of imidazole rings is 1. The zero-order valence-corrected chi connectivity index (χ0v) is 11.7. The molecule has 5 nitrogen and oxygen atoms in total. The molecule has 1 fully saturated rings. The third-order valence-electron chi connectivity index (χ3n) is 3.75. The third-order valence-corrected chi connectivity index (χ3v) is 3.75. The Bertz CT molecular complexity index is 654. The van der Waals surface area contributed by atoms with E-state index in [1.165, 1.54) is 0 Å². The summed E-state index contributed by atoms with van der Waals surface area (Å²) in [6.45, 7) is 5.63. The average molecular weight is 274 g/mol. The van der Waals surface area contributed by atoms with Crippen molar-refractivity contribution >= 4 is 17.0 Å². The summed E-state index contributed by atoms with van der Waals surface area (Å²) in [5, 5.41) is 9.16. The van der Waals surface area contributed by atoms with Gasteiger partial charge in [0.25, 0.3) is 0 Å². The van der Waals surface area contributed by atoms with Crippen LogP contribution in [0.2, 0.25) is 0 Å². The molecule has 1 aromatic carbocycles. The average Bonchev–Trinajstić information content (AvgIpc) is 3.03. The number of aromatic nitrogens is 2. The van der Waals surface area contributed by atoms with Crippen LogP contribution < -0.4 is 0 Å². The summed E-state index contributed by atoms with van der Waals surface area (Å²) in [6.07, 6.45) is 0.947.